The van der Waals surface area contributed by atoms with Crippen molar-refractivity contribution in [3.05, 3.63) is 59.9 Å². The number of benzene rings is 1. The standard InChI is InChI=1S/C21H15N7S/c1-11-2-5-17(29-11)14-6-7-22-20-18(14)25-21(26-20)19-15-8-12(13-9-23-24-10-13)3-4-16(15)27-28-19/h2-10H,1H3,(H,23,24)(H,27,28)(H,22,25,26). The highest BCUT2D eigenvalue weighted by Gasteiger charge is 2.16. The molecule has 7 nitrogen and oxygen atoms in total. The van der Waals surface area contributed by atoms with E-state index in [2.05, 4.69) is 55.5 Å². The Morgan fingerprint density at radius 1 is 1.03 bits per heavy atom. The van der Waals surface area contributed by atoms with E-state index in [-0.39, 0.29) is 0 Å². The Morgan fingerprint density at radius 2 is 2.00 bits per heavy atom. The molecule has 0 aliphatic carbocycles. The Morgan fingerprint density at radius 3 is 2.83 bits per heavy atom. The smallest absolute Gasteiger partial charge is 0.178 e. The lowest BCUT2D eigenvalue weighted by atomic mass is 10.1. The summed E-state index contributed by atoms with van der Waals surface area (Å²) in [5, 5.41) is 15.5. The molecule has 1 aromatic carbocycles. The minimum absolute atomic E-state index is 0.686. The van der Waals surface area contributed by atoms with Crippen LogP contribution in [0.3, 0.4) is 0 Å². The predicted molar refractivity (Wildman–Crippen MR) is 115 cm³/mol. The maximum absolute atomic E-state index is 4.73. The Kier molecular flexibility index (Phi) is 3.41. The van der Waals surface area contributed by atoms with E-state index in [1.807, 2.05) is 24.4 Å². The second-order valence-corrected chi connectivity index (χ2v) is 8.16. The molecule has 0 atom stereocenters. The second kappa shape index (κ2) is 6.11. The summed E-state index contributed by atoms with van der Waals surface area (Å²) in [6, 6.07) is 12.5. The van der Waals surface area contributed by atoms with Crippen LogP contribution >= 0.6 is 11.3 Å². The number of aromatic nitrogens is 7. The molecule has 0 amide bonds. The van der Waals surface area contributed by atoms with Crippen molar-refractivity contribution in [2.75, 3.05) is 0 Å². The molecule has 0 saturated heterocycles. The van der Waals surface area contributed by atoms with Crippen molar-refractivity contribution < 1.29 is 0 Å². The van der Waals surface area contributed by atoms with Crippen LogP contribution in [0.25, 0.3) is 55.2 Å². The number of rotatable bonds is 3. The third-order valence-electron chi connectivity index (χ3n) is 5.02. The molecule has 0 saturated carbocycles. The average molecular weight is 397 g/mol. The Labute approximate surface area is 168 Å². The Balaban J connectivity index is 1.53. The number of aromatic amines is 3. The number of fused-ring (bicyclic) bond motifs is 2. The molecule has 8 heteroatoms. The van der Waals surface area contributed by atoms with Crippen molar-refractivity contribution in [1.29, 1.82) is 0 Å². The van der Waals surface area contributed by atoms with Gasteiger partial charge in [-0.05, 0) is 42.8 Å². The molecule has 0 bridgehead atoms. The van der Waals surface area contributed by atoms with Crippen molar-refractivity contribution in [3.8, 4) is 33.1 Å². The molecule has 5 aromatic heterocycles. The van der Waals surface area contributed by atoms with E-state index in [0.717, 1.165) is 38.8 Å². The van der Waals surface area contributed by atoms with E-state index in [1.165, 1.54) is 9.75 Å². The molecule has 140 valence electrons. The minimum Gasteiger partial charge on any atom is -0.335 e. The van der Waals surface area contributed by atoms with Gasteiger partial charge in [0.2, 0.25) is 0 Å². The summed E-state index contributed by atoms with van der Waals surface area (Å²) in [6.07, 6.45) is 5.49. The van der Waals surface area contributed by atoms with Crippen molar-refractivity contribution >= 4 is 33.4 Å². The molecule has 0 unspecified atom stereocenters. The fourth-order valence-corrected chi connectivity index (χ4v) is 4.49. The molecule has 5 heterocycles. The first-order valence-electron chi connectivity index (χ1n) is 9.15. The van der Waals surface area contributed by atoms with Gasteiger partial charge in [-0.2, -0.15) is 10.2 Å². The molecular formula is C21H15N7S. The molecule has 29 heavy (non-hydrogen) atoms. The number of hydrogen-bond donors (Lipinski definition) is 3. The van der Waals surface area contributed by atoms with Crippen molar-refractivity contribution in [3.63, 3.8) is 0 Å². The fraction of sp³-hybridized carbons (Fsp3) is 0.0476. The first kappa shape index (κ1) is 16.2. The first-order valence-corrected chi connectivity index (χ1v) is 9.97. The average Bonchev–Trinajstić information content (AvgIpc) is 3.51. The zero-order chi connectivity index (χ0) is 19.4. The van der Waals surface area contributed by atoms with E-state index in [9.17, 15) is 0 Å². The molecule has 6 rings (SSSR count). The topological polar surface area (TPSA) is 98.9 Å². The van der Waals surface area contributed by atoms with Crippen molar-refractivity contribution in [2.45, 2.75) is 6.92 Å². The van der Waals surface area contributed by atoms with Gasteiger partial charge in [-0.15, -0.1) is 11.3 Å². The van der Waals surface area contributed by atoms with E-state index in [1.54, 1.807) is 23.7 Å². The third-order valence-corrected chi connectivity index (χ3v) is 6.05. The van der Waals surface area contributed by atoms with Crippen molar-refractivity contribution in [2.24, 2.45) is 0 Å². The molecule has 6 aromatic rings. The van der Waals surface area contributed by atoms with E-state index in [0.29, 0.717) is 11.5 Å². The van der Waals surface area contributed by atoms with Crippen LogP contribution in [-0.4, -0.2) is 35.3 Å². The van der Waals surface area contributed by atoms with Crippen LogP contribution in [0.2, 0.25) is 0 Å². The summed E-state index contributed by atoms with van der Waals surface area (Å²) in [7, 11) is 0. The number of nitrogens with zero attached hydrogens (tertiary/aromatic N) is 4. The lowest BCUT2D eigenvalue weighted by Gasteiger charge is -1.99. The number of hydrogen-bond acceptors (Lipinski definition) is 5. The van der Waals surface area contributed by atoms with Crippen LogP contribution in [-0.2, 0) is 0 Å². The van der Waals surface area contributed by atoms with Crippen LogP contribution in [0.4, 0.5) is 0 Å². The summed E-state index contributed by atoms with van der Waals surface area (Å²) >= 11 is 1.76. The van der Waals surface area contributed by atoms with Crippen LogP contribution in [0.5, 0.6) is 0 Å². The third kappa shape index (κ3) is 2.57. The molecule has 0 aliphatic rings. The lowest BCUT2D eigenvalue weighted by Crippen LogP contribution is -1.82. The highest BCUT2D eigenvalue weighted by Crippen LogP contribution is 2.34. The largest absolute Gasteiger partial charge is 0.335 e. The quantitative estimate of drug-likeness (QED) is 0.394. The molecule has 0 aliphatic heterocycles. The summed E-state index contributed by atoms with van der Waals surface area (Å²) in [6.45, 7) is 2.11. The summed E-state index contributed by atoms with van der Waals surface area (Å²) < 4.78 is 0. The van der Waals surface area contributed by atoms with Gasteiger partial charge in [-0.25, -0.2) is 9.97 Å². The van der Waals surface area contributed by atoms with E-state index >= 15 is 0 Å². The number of aryl methyl sites for hydroxylation is 1. The number of imidazole rings is 1. The summed E-state index contributed by atoms with van der Waals surface area (Å²) in [5.74, 6) is 0.698. The summed E-state index contributed by atoms with van der Waals surface area (Å²) in [4.78, 5) is 15.1. The van der Waals surface area contributed by atoms with Crippen LogP contribution < -0.4 is 0 Å². The van der Waals surface area contributed by atoms with Gasteiger partial charge in [0.15, 0.2) is 11.5 Å². The van der Waals surface area contributed by atoms with Gasteiger partial charge in [0.1, 0.15) is 5.69 Å². The van der Waals surface area contributed by atoms with Crippen molar-refractivity contribution in [1.82, 2.24) is 35.3 Å². The molecular weight excluding hydrogens is 382 g/mol. The van der Waals surface area contributed by atoms with Gasteiger partial charge < -0.3 is 4.98 Å². The highest BCUT2D eigenvalue weighted by molar-refractivity contribution is 7.15. The fourth-order valence-electron chi connectivity index (χ4n) is 3.59. The number of nitrogens with one attached hydrogen (secondary N) is 3. The first-order chi connectivity index (χ1) is 14.3. The monoisotopic (exact) mass is 397 g/mol. The van der Waals surface area contributed by atoms with Gasteiger partial charge in [-0.1, -0.05) is 6.07 Å². The van der Waals surface area contributed by atoms with Gasteiger partial charge in [0.25, 0.3) is 0 Å². The number of thiophene rings is 1. The van der Waals surface area contributed by atoms with Gasteiger partial charge in [0.05, 0.1) is 17.2 Å². The van der Waals surface area contributed by atoms with E-state index in [4.69, 9.17) is 4.98 Å². The SMILES string of the molecule is Cc1ccc(-c2ccnc3nc(-c4n[nH]c5ccc(-c6cn[nH]c6)cc45)[nH]c23)s1. The maximum atomic E-state index is 4.73. The van der Waals surface area contributed by atoms with Crippen LogP contribution in [0.1, 0.15) is 4.88 Å². The van der Waals surface area contributed by atoms with Crippen LogP contribution in [0, 0.1) is 6.92 Å². The number of H-pyrrole nitrogens is 3. The normalized spacial score (nSPS) is 11.6. The van der Waals surface area contributed by atoms with Gasteiger partial charge >= 0.3 is 0 Å². The molecule has 3 N–H and O–H groups in total. The summed E-state index contributed by atoms with van der Waals surface area (Å²) in [5.41, 5.74) is 6.54. The number of pyridine rings is 1. The Hall–Kier alpha value is -3.78. The van der Waals surface area contributed by atoms with Gasteiger partial charge in [-0.3, -0.25) is 10.2 Å². The molecule has 0 fully saturated rings. The molecule has 0 spiro atoms. The highest BCUT2D eigenvalue weighted by atomic mass is 32.1. The second-order valence-electron chi connectivity index (χ2n) is 6.87. The van der Waals surface area contributed by atoms with Gasteiger partial charge in [0, 0.05) is 38.7 Å². The zero-order valence-corrected chi connectivity index (χ0v) is 16.2. The molecule has 0 radical (unpaired) electrons. The lowest BCUT2D eigenvalue weighted by molar-refractivity contribution is 1.09. The van der Waals surface area contributed by atoms with Crippen LogP contribution in [0.15, 0.2) is 55.0 Å². The Bertz CT molecular complexity index is 1470. The predicted octanol–water partition coefficient (Wildman–Crippen LogP) is 4.93. The minimum atomic E-state index is 0.686. The van der Waals surface area contributed by atoms with E-state index < -0.39 is 0 Å². The maximum Gasteiger partial charge on any atom is 0.178 e. The zero-order valence-electron chi connectivity index (χ0n) is 15.4.